The molecule has 24 heavy (non-hydrogen) atoms. The topological polar surface area (TPSA) is 81.4 Å². The van der Waals surface area contributed by atoms with Crippen molar-refractivity contribution in [3.05, 3.63) is 52.0 Å². The first-order chi connectivity index (χ1) is 11.3. The highest BCUT2D eigenvalue weighted by Gasteiger charge is 2.14. The van der Waals surface area contributed by atoms with Gasteiger partial charge in [-0.1, -0.05) is 23.7 Å². The Hall–Kier alpha value is -2.31. The molecule has 1 aromatic heterocycles. The fourth-order valence-electron chi connectivity index (χ4n) is 1.86. The number of hydrogen-bond donors (Lipinski definition) is 1. The van der Waals surface area contributed by atoms with Crippen LogP contribution in [0.25, 0.3) is 6.08 Å². The summed E-state index contributed by atoms with van der Waals surface area (Å²) in [6, 6.07) is 6.27. The van der Waals surface area contributed by atoms with E-state index in [4.69, 9.17) is 33.0 Å². The number of allylic oxidation sites excluding steroid dienone is 1. The molecule has 0 aliphatic carbocycles. The largest absolute Gasteiger partial charge is 0.479 e. The van der Waals surface area contributed by atoms with Crippen molar-refractivity contribution < 1.29 is 19.4 Å². The molecule has 0 saturated carbocycles. The maximum absolute atomic E-state index is 12.3. The summed E-state index contributed by atoms with van der Waals surface area (Å²) in [6.45, 7) is 1.41. The van der Waals surface area contributed by atoms with Crippen LogP contribution in [0.15, 0.2) is 30.3 Å². The lowest BCUT2D eigenvalue weighted by Crippen LogP contribution is -2.22. The van der Waals surface area contributed by atoms with Crippen molar-refractivity contribution in [1.29, 1.82) is 0 Å². The number of ketones is 1. The van der Waals surface area contributed by atoms with Crippen LogP contribution < -0.4 is 4.74 Å². The number of halogens is 2. The predicted molar refractivity (Wildman–Crippen MR) is 90.8 cm³/mol. The number of hydrogen-bond acceptors (Lipinski definition) is 4. The lowest BCUT2D eigenvalue weighted by Gasteiger charge is -2.10. The molecule has 0 radical (unpaired) electrons. The minimum Gasteiger partial charge on any atom is -0.479 e. The molecule has 0 amide bonds. The zero-order chi connectivity index (χ0) is 17.9. The summed E-state index contributed by atoms with van der Waals surface area (Å²) in [4.78, 5) is 26.9. The molecular formula is C16H14Cl2N2O4. The Balaban J connectivity index is 2.18. The number of carboxylic acid groups (broad SMARTS) is 1. The second-order valence-corrected chi connectivity index (χ2v) is 5.64. The van der Waals surface area contributed by atoms with E-state index >= 15 is 0 Å². The third kappa shape index (κ3) is 4.15. The van der Waals surface area contributed by atoms with Crippen LogP contribution in [0.2, 0.25) is 10.4 Å². The standard InChI is InChI=1S/C16H14Cl2N2O4/c1-9(15(22)23)24-11-5-3-4-10(8-11)13(21)7-6-12-14(17)19-16(18)20(12)2/h3-9H,1-2H3,(H,22,23). The van der Waals surface area contributed by atoms with E-state index in [1.165, 1.54) is 25.1 Å². The molecule has 1 N–H and O–H groups in total. The van der Waals surface area contributed by atoms with Gasteiger partial charge in [-0.15, -0.1) is 0 Å². The van der Waals surface area contributed by atoms with Crippen molar-refractivity contribution >= 4 is 41.0 Å². The van der Waals surface area contributed by atoms with Crippen molar-refractivity contribution in [2.45, 2.75) is 13.0 Å². The minimum atomic E-state index is -1.09. The van der Waals surface area contributed by atoms with Gasteiger partial charge in [0.1, 0.15) is 5.75 Å². The van der Waals surface area contributed by atoms with Crippen LogP contribution in [0.4, 0.5) is 0 Å². The number of rotatable bonds is 6. The Kier molecular flexibility index (Phi) is 5.64. The molecule has 6 nitrogen and oxygen atoms in total. The monoisotopic (exact) mass is 368 g/mol. The molecule has 1 atom stereocenters. The first-order valence-corrected chi connectivity index (χ1v) is 7.65. The molecule has 0 spiro atoms. The second-order valence-electron chi connectivity index (χ2n) is 4.94. The quantitative estimate of drug-likeness (QED) is 0.623. The lowest BCUT2D eigenvalue weighted by atomic mass is 10.1. The van der Waals surface area contributed by atoms with Crippen LogP contribution in [-0.2, 0) is 11.8 Å². The van der Waals surface area contributed by atoms with Gasteiger partial charge >= 0.3 is 5.97 Å². The highest BCUT2D eigenvalue weighted by Crippen LogP contribution is 2.21. The summed E-state index contributed by atoms with van der Waals surface area (Å²) >= 11 is 11.8. The van der Waals surface area contributed by atoms with Gasteiger partial charge in [0.25, 0.3) is 0 Å². The Morgan fingerprint density at radius 2 is 2.08 bits per heavy atom. The van der Waals surface area contributed by atoms with E-state index in [1.807, 2.05) is 0 Å². The van der Waals surface area contributed by atoms with Gasteiger partial charge in [0.05, 0.1) is 5.69 Å². The number of benzene rings is 1. The fraction of sp³-hybridized carbons (Fsp3) is 0.188. The number of carbonyl (C=O) groups excluding carboxylic acids is 1. The van der Waals surface area contributed by atoms with Gasteiger partial charge < -0.3 is 14.4 Å². The average Bonchev–Trinajstić information content (AvgIpc) is 2.78. The predicted octanol–water partition coefficient (Wildman–Crippen LogP) is 3.47. The lowest BCUT2D eigenvalue weighted by molar-refractivity contribution is -0.144. The third-order valence-corrected chi connectivity index (χ3v) is 3.83. The molecule has 8 heteroatoms. The van der Waals surface area contributed by atoms with E-state index < -0.39 is 12.1 Å². The fourth-order valence-corrected chi connectivity index (χ4v) is 2.35. The number of aromatic nitrogens is 2. The summed E-state index contributed by atoms with van der Waals surface area (Å²) in [7, 11) is 1.67. The maximum atomic E-state index is 12.3. The normalized spacial score (nSPS) is 12.3. The summed E-state index contributed by atoms with van der Waals surface area (Å²) in [6.07, 6.45) is 1.83. The van der Waals surface area contributed by atoms with E-state index in [-0.39, 0.29) is 16.2 Å². The molecule has 1 unspecified atom stereocenters. The van der Waals surface area contributed by atoms with E-state index in [1.54, 1.807) is 29.8 Å². The van der Waals surface area contributed by atoms with Crippen LogP contribution in [-0.4, -0.2) is 32.5 Å². The summed E-state index contributed by atoms with van der Waals surface area (Å²) in [5.74, 6) is -1.09. The van der Waals surface area contributed by atoms with Gasteiger partial charge in [-0.2, -0.15) is 0 Å². The van der Waals surface area contributed by atoms with Gasteiger partial charge in [-0.3, -0.25) is 4.79 Å². The van der Waals surface area contributed by atoms with Gasteiger partial charge in [0.15, 0.2) is 17.0 Å². The van der Waals surface area contributed by atoms with Crippen LogP contribution >= 0.6 is 23.2 Å². The molecule has 0 aliphatic rings. The number of carbonyl (C=O) groups is 2. The summed E-state index contributed by atoms with van der Waals surface area (Å²) < 4.78 is 6.79. The van der Waals surface area contributed by atoms with E-state index in [0.29, 0.717) is 17.0 Å². The zero-order valence-electron chi connectivity index (χ0n) is 12.9. The Bertz CT molecular complexity index is 814. The summed E-state index contributed by atoms with van der Waals surface area (Å²) in [5, 5.41) is 9.26. The van der Waals surface area contributed by atoms with Crippen LogP contribution in [0, 0.1) is 0 Å². The number of nitrogens with zero attached hydrogens (tertiary/aromatic N) is 2. The molecule has 0 fully saturated rings. The molecule has 0 bridgehead atoms. The first-order valence-electron chi connectivity index (χ1n) is 6.89. The molecule has 1 aromatic carbocycles. The van der Waals surface area contributed by atoms with Gasteiger partial charge in [0.2, 0.25) is 5.28 Å². The van der Waals surface area contributed by atoms with Crippen LogP contribution in [0.1, 0.15) is 23.0 Å². The number of ether oxygens (including phenoxy) is 1. The first kappa shape index (κ1) is 18.0. The molecule has 0 saturated heterocycles. The number of carboxylic acids is 1. The molecule has 2 aromatic rings. The van der Waals surface area contributed by atoms with E-state index in [2.05, 4.69) is 4.98 Å². The number of aliphatic carboxylic acids is 1. The molecular weight excluding hydrogens is 355 g/mol. The third-order valence-electron chi connectivity index (χ3n) is 3.21. The molecule has 126 valence electrons. The van der Waals surface area contributed by atoms with Crippen molar-refractivity contribution in [2.75, 3.05) is 0 Å². The molecule has 2 rings (SSSR count). The van der Waals surface area contributed by atoms with Crippen LogP contribution in [0.5, 0.6) is 5.75 Å². The highest BCUT2D eigenvalue weighted by molar-refractivity contribution is 6.33. The SMILES string of the molecule is CC(Oc1cccc(C(=O)C=Cc2c(Cl)nc(Cl)n2C)c1)C(=O)O. The Morgan fingerprint density at radius 3 is 2.67 bits per heavy atom. The second kappa shape index (κ2) is 7.51. The highest BCUT2D eigenvalue weighted by atomic mass is 35.5. The van der Waals surface area contributed by atoms with Gasteiger partial charge in [0, 0.05) is 12.6 Å². The van der Waals surface area contributed by atoms with Crippen molar-refractivity contribution in [1.82, 2.24) is 9.55 Å². The van der Waals surface area contributed by atoms with Gasteiger partial charge in [-0.05, 0) is 42.8 Å². The molecule has 1 heterocycles. The van der Waals surface area contributed by atoms with E-state index in [0.717, 1.165) is 0 Å². The molecule has 0 aliphatic heterocycles. The van der Waals surface area contributed by atoms with Gasteiger partial charge in [-0.25, -0.2) is 9.78 Å². The minimum absolute atomic E-state index is 0.193. The average molecular weight is 369 g/mol. The Morgan fingerprint density at radius 1 is 1.38 bits per heavy atom. The smallest absolute Gasteiger partial charge is 0.344 e. The zero-order valence-corrected chi connectivity index (χ0v) is 14.4. The van der Waals surface area contributed by atoms with Crippen molar-refractivity contribution in [3.63, 3.8) is 0 Å². The van der Waals surface area contributed by atoms with Crippen LogP contribution in [0.3, 0.4) is 0 Å². The van der Waals surface area contributed by atoms with Crippen molar-refractivity contribution in [3.8, 4) is 5.75 Å². The van der Waals surface area contributed by atoms with Crippen molar-refractivity contribution in [2.24, 2.45) is 7.05 Å². The summed E-state index contributed by atoms with van der Waals surface area (Å²) in [5.41, 5.74) is 0.854. The van der Waals surface area contributed by atoms with E-state index in [9.17, 15) is 9.59 Å². The Labute approximate surface area is 148 Å². The number of imidazole rings is 1. The maximum Gasteiger partial charge on any atom is 0.344 e.